The molecule has 0 aliphatic carbocycles. The van der Waals surface area contributed by atoms with Gasteiger partial charge < -0.3 is 10.2 Å². The van der Waals surface area contributed by atoms with Gasteiger partial charge in [0.1, 0.15) is 5.82 Å². The summed E-state index contributed by atoms with van der Waals surface area (Å²) in [6.45, 7) is 0. The van der Waals surface area contributed by atoms with Crippen LogP contribution in [0.3, 0.4) is 0 Å². The van der Waals surface area contributed by atoms with Crippen molar-refractivity contribution < 1.29 is 24.2 Å². The Bertz CT molecular complexity index is 1090. The Morgan fingerprint density at radius 1 is 0.786 bits per heavy atom. The number of carbonyl (C=O) groups is 2. The second-order valence-corrected chi connectivity index (χ2v) is 6.85. The van der Waals surface area contributed by atoms with Gasteiger partial charge >= 0.3 is 11.9 Å². The van der Waals surface area contributed by atoms with Crippen molar-refractivity contribution in [3.05, 3.63) is 93.2 Å². The summed E-state index contributed by atoms with van der Waals surface area (Å²) in [4.78, 5) is 22.8. The second-order valence-electron chi connectivity index (χ2n) is 5.99. The molecule has 3 rings (SSSR count). The van der Waals surface area contributed by atoms with Crippen LogP contribution in [0.1, 0.15) is 31.8 Å². The van der Waals surface area contributed by atoms with Crippen molar-refractivity contribution in [3.8, 4) is 11.1 Å². The molecule has 0 aliphatic heterocycles. The Labute approximate surface area is 168 Å². The normalized spacial score (nSPS) is 10.9. The molecule has 0 radical (unpaired) electrons. The highest BCUT2D eigenvalue weighted by Gasteiger charge is 2.11. The fourth-order valence-corrected chi connectivity index (χ4v) is 3.13. The lowest BCUT2D eigenvalue weighted by atomic mass is 9.98. The number of carboxylic acids is 2. The number of halogens is 2. The molecular formula is C22H14BrFO4. The van der Waals surface area contributed by atoms with Gasteiger partial charge in [-0.1, -0.05) is 36.4 Å². The molecule has 0 fully saturated rings. The fraction of sp³-hybridized carbons (Fsp3) is 0. The van der Waals surface area contributed by atoms with Crippen LogP contribution in [0.5, 0.6) is 0 Å². The van der Waals surface area contributed by atoms with Gasteiger partial charge in [-0.2, -0.15) is 0 Å². The van der Waals surface area contributed by atoms with E-state index in [-0.39, 0.29) is 16.9 Å². The first-order chi connectivity index (χ1) is 13.3. The summed E-state index contributed by atoms with van der Waals surface area (Å²) in [5.41, 5.74) is 2.79. The van der Waals surface area contributed by atoms with Crippen LogP contribution in [0, 0.1) is 5.82 Å². The minimum Gasteiger partial charge on any atom is -0.478 e. The van der Waals surface area contributed by atoms with Gasteiger partial charge in [0.15, 0.2) is 0 Å². The molecule has 3 aromatic rings. The molecule has 2 N–H and O–H groups in total. The Morgan fingerprint density at radius 3 is 2.07 bits per heavy atom. The molecule has 0 spiro atoms. The number of benzene rings is 3. The van der Waals surface area contributed by atoms with Crippen LogP contribution in [0.4, 0.5) is 4.39 Å². The quantitative estimate of drug-likeness (QED) is 0.490. The van der Waals surface area contributed by atoms with E-state index in [1.807, 2.05) is 0 Å². The van der Waals surface area contributed by atoms with E-state index in [0.717, 1.165) is 11.1 Å². The van der Waals surface area contributed by atoms with E-state index in [0.29, 0.717) is 15.6 Å². The summed E-state index contributed by atoms with van der Waals surface area (Å²) >= 11 is 3.19. The van der Waals surface area contributed by atoms with Crippen LogP contribution in [0.25, 0.3) is 23.3 Å². The van der Waals surface area contributed by atoms with E-state index < -0.39 is 11.9 Å². The van der Waals surface area contributed by atoms with E-state index in [1.54, 1.807) is 48.6 Å². The van der Waals surface area contributed by atoms with Crippen LogP contribution in [-0.2, 0) is 0 Å². The van der Waals surface area contributed by atoms with Crippen molar-refractivity contribution in [2.75, 3.05) is 0 Å². The maximum atomic E-state index is 13.1. The highest BCUT2D eigenvalue weighted by molar-refractivity contribution is 9.10. The lowest BCUT2D eigenvalue weighted by Gasteiger charge is -2.07. The summed E-state index contributed by atoms with van der Waals surface area (Å²) in [6, 6.07) is 15.6. The summed E-state index contributed by atoms with van der Waals surface area (Å²) in [7, 11) is 0. The molecule has 0 amide bonds. The van der Waals surface area contributed by atoms with Gasteiger partial charge in [0.2, 0.25) is 0 Å². The lowest BCUT2D eigenvalue weighted by Crippen LogP contribution is -2.00. The molecule has 0 aromatic heterocycles. The molecule has 0 atom stereocenters. The first kappa shape index (κ1) is 19.5. The minimum absolute atomic E-state index is 0.109. The van der Waals surface area contributed by atoms with Gasteiger partial charge in [-0.05, 0) is 74.6 Å². The van der Waals surface area contributed by atoms with E-state index >= 15 is 0 Å². The lowest BCUT2D eigenvalue weighted by molar-refractivity contribution is 0.0685. The van der Waals surface area contributed by atoms with E-state index in [9.17, 15) is 24.2 Å². The first-order valence-corrected chi connectivity index (χ1v) is 8.98. The molecule has 0 unspecified atom stereocenters. The van der Waals surface area contributed by atoms with Crippen LogP contribution >= 0.6 is 15.9 Å². The summed E-state index contributed by atoms with van der Waals surface area (Å²) in [5.74, 6) is -2.49. The highest BCUT2D eigenvalue weighted by atomic mass is 79.9. The molecule has 0 bridgehead atoms. The molecule has 0 aliphatic rings. The number of hydrogen-bond acceptors (Lipinski definition) is 2. The summed E-state index contributed by atoms with van der Waals surface area (Å²) in [5, 5.41) is 18.7. The number of rotatable bonds is 5. The van der Waals surface area contributed by atoms with Gasteiger partial charge in [-0.15, -0.1) is 0 Å². The zero-order valence-electron chi connectivity index (χ0n) is 14.4. The largest absolute Gasteiger partial charge is 0.478 e. The van der Waals surface area contributed by atoms with Gasteiger partial charge in [0.25, 0.3) is 0 Å². The van der Waals surface area contributed by atoms with Crippen LogP contribution in [0.15, 0.2) is 65.1 Å². The molecule has 3 aromatic carbocycles. The fourth-order valence-electron chi connectivity index (χ4n) is 2.71. The third-order valence-corrected chi connectivity index (χ3v) is 4.83. The number of aromatic carboxylic acids is 2. The van der Waals surface area contributed by atoms with E-state index in [1.165, 1.54) is 24.3 Å². The first-order valence-electron chi connectivity index (χ1n) is 8.19. The predicted molar refractivity (Wildman–Crippen MR) is 109 cm³/mol. The van der Waals surface area contributed by atoms with Crippen molar-refractivity contribution in [1.82, 2.24) is 0 Å². The SMILES string of the molecule is O=C(O)c1cc(/C=C/c2cc(-c3ccc(F)cc3)ccc2C(=O)O)ccc1Br. The number of hydrogen-bond donors (Lipinski definition) is 2. The predicted octanol–water partition coefficient (Wildman–Crippen LogP) is 5.82. The van der Waals surface area contributed by atoms with Crippen LogP contribution < -0.4 is 0 Å². The molecule has 0 saturated heterocycles. The average molecular weight is 441 g/mol. The molecular weight excluding hydrogens is 427 g/mol. The molecule has 6 heteroatoms. The molecule has 0 saturated carbocycles. The maximum absolute atomic E-state index is 13.1. The van der Waals surface area contributed by atoms with Crippen molar-refractivity contribution >= 4 is 40.0 Å². The van der Waals surface area contributed by atoms with Crippen LogP contribution in [-0.4, -0.2) is 22.2 Å². The smallest absolute Gasteiger partial charge is 0.336 e. The average Bonchev–Trinajstić information content (AvgIpc) is 2.67. The van der Waals surface area contributed by atoms with Gasteiger partial charge in [-0.3, -0.25) is 0 Å². The van der Waals surface area contributed by atoms with Crippen molar-refractivity contribution in [2.24, 2.45) is 0 Å². The molecule has 4 nitrogen and oxygen atoms in total. The standard InChI is InChI=1S/C22H14BrFO4/c23-20-10-2-13(11-19(20)22(27)28)1-3-16-12-15(6-9-18(16)21(25)26)14-4-7-17(24)8-5-14/h1-12H,(H,25,26)(H,27,28)/b3-1+. The maximum Gasteiger partial charge on any atom is 0.336 e. The molecule has 0 heterocycles. The van der Waals surface area contributed by atoms with Crippen molar-refractivity contribution in [3.63, 3.8) is 0 Å². The third-order valence-electron chi connectivity index (χ3n) is 4.14. The molecule has 140 valence electrons. The van der Waals surface area contributed by atoms with Crippen molar-refractivity contribution in [1.29, 1.82) is 0 Å². The minimum atomic E-state index is -1.08. The Kier molecular flexibility index (Phi) is 5.70. The van der Waals surface area contributed by atoms with E-state index in [2.05, 4.69) is 15.9 Å². The van der Waals surface area contributed by atoms with Gasteiger partial charge in [0, 0.05) is 4.47 Å². The van der Waals surface area contributed by atoms with Gasteiger partial charge in [0.05, 0.1) is 11.1 Å². The monoisotopic (exact) mass is 440 g/mol. The second kappa shape index (κ2) is 8.19. The summed E-state index contributed by atoms with van der Waals surface area (Å²) < 4.78 is 13.6. The number of carboxylic acid groups (broad SMARTS) is 2. The zero-order valence-corrected chi connectivity index (χ0v) is 16.0. The van der Waals surface area contributed by atoms with E-state index in [4.69, 9.17) is 0 Å². The molecule has 28 heavy (non-hydrogen) atoms. The van der Waals surface area contributed by atoms with Crippen molar-refractivity contribution in [2.45, 2.75) is 0 Å². The van der Waals surface area contributed by atoms with Crippen LogP contribution in [0.2, 0.25) is 0 Å². The van der Waals surface area contributed by atoms with Gasteiger partial charge in [-0.25, -0.2) is 14.0 Å². The highest BCUT2D eigenvalue weighted by Crippen LogP contribution is 2.25. The summed E-state index contributed by atoms with van der Waals surface area (Å²) in [6.07, 6.45) is 3.26. The third kappa shape index (κ3) is 4.35. The zero-order chi connectivity index (χ0) is 20.3. The Morgan fingerprint density at radius 2 is 1.43 bits per heavy atom. The Balaban J connectivity index is 2.02. The topological polar surface area (TPSA) is 74.6 Å². The Hall–Kier alpha value is -3.25.